The molecule has 0 aromatic rings. The molecule has 132 valence electrons. The molecule has 2 heterocycles. The van der Waals surface area contributed by atoms with Gasteiger partial charge >= 0.3 is 6.03 Å². The number of carbonyl (C=O) groups is 1. The first kappa shape index (κ1) is 17.4. The second kappa shape index (κ2) is 7.62. The van der Waals surface area contributed by atoms with Gasteiger partial charge in [-0.2, -0.15) is 11.8 Å². The summed E-state index contributed by atoms with van der Waals surface area (Å²) in [6.45, 7) is 7.14. The van der Waals surface area contributed by atoms with Crippen LogP contribution in [0.1, 0.15) is 46.0 Å². The number of carbonyl (C=O) groups excluding carboxylic acids is 1. The van der Waals surface area contributed by atoms with Crippen molar-refractivity contribution in [3.05, 3.63) is 0 Å². The molecule has 5 nitrogen and oxygen atoms in total. The van der Waals surface area contributed by atoms with Gasteiger partial charge in [-0.25, -0.2) is 4.79 Å². The van der Waals surface area contributed by atoms with E-state index < -0.39 is 5.79 Å². The van der Waals surface area contributed by atoms with Crippen LogP contribution in [0.15, 0.2) is 0 Å². The Labute approximate surface area is 143 Å². The summed E-state index contributed by atoms with van der Waals surface area (Å²) < 4.78 is 11.6. The van der Waals surface area contributed by atoms with Gasteiger partial charge < -0.3 is 19.7 Å². The van der Waals surface area contributed by atoms with E-state index in [0.717, 1.165) is 49.8 Å². The maximum absolute atomic E-state index is 12.6. The molecule has 0 bridgehead atoms. The SMILES string of the molecule is CCS[C@@H]1CC[C@H](NC(=O)N2CCC[C@H](C3(C)OCCO3)C2)C1. The normalized spacial score (nSPS) is 33.8. The molecule has 0 radical (unpaired) electrons. The zero-order valence-corrected chi connectivity index (χ0v) is 15.2. The number of piperidine rings is 1. The number of hydrogen-bond donors (Lipinski definition) is 1. The van der Waals surface area contributed by atoms with Gasteiger partial charge in [0.1, 0.15) is 0 Å². The zero-order valence-electron chi connectivity index (χ0n) is 14.4. The summed E-state index contributed by atoms with van der Waals surface area (Å²) in [7, 11) is 0. The number of amides is 2. The maximum Gasteiger partial charge on any atom is 0.317 e. The van der Waals surface area contributed by atoms with Crippen LogP contribution in [0.2, 0.25) is 0 Å². The zero-order chi connectivity index (χ0) is 16.3. The standard InChI is InChI=1S/C17H30N2O3S/c1-3-23-15-7-6-14(11-15)18-16(20)19-8-4-5-13(12-19)17(2)21-9-10-22-17/h13-15H,3-12H2,1-2H3,(H,18,20)/t13-,14-,15+/m0/s1. The fourth-order valence-electron chi connectivity index (χ4n) is 4.08. The molecule has 3 rings (SSSR count). The van der Waals surface area contributed by atoms with E-state index in [1.807, 2.05) is 23.6 Å². The second-order valence-corrected chi connectivity index (χ2v) is 8.61. The van der Waals surface area contributed by atoms with E-state index >= 15 is 0 Å². The minimum absolute atomic E-state index is 0.100. The molecule has 3 fully saturated rings. The molecule has 1 N–H and O–H groups in total. The Hall–Kier alpha value is -0.460. The fourth-order valence-corrected chi connectivity index (χ4v) is 5.22. The van der Waals surface area contributed by atoms with Crippen molar-refractivity contribution < 1.29 is 14.3 Å². The molecule has 1 aliphatic carbocycles. The van der Waals surface area contributed by atoms with E-state index in [1.54, 1.807) is 0 Å². The van der Waals surface area contributed by atoms with Crippen LogP contribution in [0.5, 0.6) is 0 Å². The second-order valence-electron chi connectivity index (χ2n) is 7.03. The Morgan fingerprint density at radius 2 is 2.09 bits per heavy atom. The van der Waals surface area contributed by atoms with E-state index in [9.17, 15) is 4.79 Å². The number of nitrogens with one attached hydrogen (secondary N) is 1. The summed E-state index contributed by atoms with van der Waals surface area (Å²) in [4.78, 5) is 14.6. The van der Waals surface area contributed by atoms with Crippen LogP contribution in [0, 0.1) is 5.92 Å². The molecule has 0 aromatic carbocycles. The molecular formula is C17H30N2O3S. The summed E-state index contributed by atoms with van der Waals surface area (Å²) in [5.74, 6) is 0.934. The number of ether oxygens (including phenoxy) is 2. The van der Waals surface area contributed by atoms with Gasteiger partial charge in [-0.05, 0) is 44.8 Å². The predicted molar refractivity (Wildman–Crippen MR) is 92.7 cm³/mol. The molecule has 3 atom stereocenters. The van der Waals surface area contributed by atoms with Crippen LogP contribution >= 0.6 is 11.8 Å². The first-order valence-corrected chi connectivity index (χ1v) is 10.1. The lowest BCUT2D eigenvalue weighted by Crippen LogP contribution is -2.52. The van der Waals surface area contributed by atoms with Crippen LogP contribution < -0.4 is 5.32 Å². The van der Waals surface area contributed by atoms with Crippen molar-refractivity contribution in [2.75, 3.05) is 32.1 Å². The highest BCUT2D eigenvalue weighted by atomic mass is 32.2. The number of thioether (sulfide) groups is 1. The van der Waals surface area contributed by atoms with Crippen molar-refractivity contribution in [2.45, 2.75) is 63.0 Å². The number of likely N-dealkylation sites (tertiary alicyclic amines) is 1. The largest absolute Gasteiger partial charge is 0.347 e. The molecule has 0 unspecified atom stereocenters. The molecule has 2 aliphatic heterocycles. The molecule has 23 heavy (non-hydrogen) atoms. The average Bonchev–Trinajstić information content (AvgIpc) is 3.18. The van der Waals surface area contributed by atoms with Crippen LogP contribution in [-0.4, -0.2) is 60.1 Å². The third-order valence-corrected chi connectivity index (χ3v) is 6.66. The average molecular weight is 343 g/mol. The van der Waals surface area contributed by atoms with Gasteiger partial charge in [0.2, 0.25) is 0 Å². The van der Waals surface area contributed by atoms with Crippen molar-refractivity contribution in [3.63, 3.8) is 0 Å². The van der Waals surface area contributed by atoms with E-state index in [0.29, 0.717) is 19.3 Å². The lowest BCUT2D eigenvalue weighted by Gasteiger charge is -2.40. The number of urea groups is 1. The molecule has 0 spiro atoms. The molecule has 6 heteroatoms. The number of hydrogen-bond acceptors (Lipinski definition) is 4. The summed E-state index contributed by atoms with van der Waals surface area (Å²) in [6.07, 6.45) is 5.56. The van der Waals surface area contributed by atoms with Gasteiger partial charge in [-0.1, -0.05) is 6.92 Å². The molecule has 1 saturated carbocycles. The Kier molecular flexibility index (Phi) is 5.75. The van der Waals surface area contributed by atoms with E-state index in [4.69, 9.17) is 9.47 Å². The monoisotopic (exact) mass is 342 g/mol. The van der Waals surface area contributed by atoms with E-state index in [-0.39, 0.29) is 11.9 Å². The Morgan fingerprint density at radius 1 is 1.30 bits per heavy atom. The van der Waals surface area contributed by atoms with Gasteiger partial charge in [0.05, 0.1) is 13.2 Å². The van der Waals surface area contributed by atoms with Gasteiger partial charge in [0, 0.05) is 30.3 Å². The molecule has 0 aromatic heterocycles. The summed E-state index contributed by atoms with van der Waals surface area (Å²) in [6, 6.07) is 0.449. The quantitative estimate of drug-likeness (QED) is 0.853. The van der Waals surface area contributed by atoms with Gasteiger partial charge in [0.15, 0.2) is 5.79 Å². The first-order valence-electron chi connectivity index (χ1n) is 9.05. The van der Waals surface area contributed by atoms with Crippen LogP contribution in [-0.2, 0) is 9.47 Å². The minimum Gasteiger partial charge on any atom is -0.347 e. The van der Waals surface area contributed by atoms with Crippen molar-refractivity contribution in [1.82, 2.24) is 10.2 Å². The smallest absolute Gasteiger partial charge is 0.317 e. The highest BCUT2D eigenvalue weighted by Gasteiger charge is 2.42. The first-order chi connectivity index (χ1) is 11.1. The molecular weight excluding hydrogens is 312 g/mol. The highest BCUT2D eigenvalue weighted by Crippen LogP contribution is 2.34. The van der Waals surface area contributed by atoms with E-state index in [1.165, 1.54) is 6.42 Å². The third-order valence-electron chi connectivity index (χ3n) is 5.43. The van der Waals surface area contributed by atoms with Crippen LogP contribution in [0.3, 0.4) is 0 Å². The summed E-state index contributed by atoms with van der Waals surface area (Å²) in [5, 5.41) is 3.97. The Balaban J connectivity index is 1.49. The highest BCUT2D eigenvalue weighted by molar-refractivity contribution is 7.99. The van der Waals surface area contributed by atoms with Crippen LogP contribution in [0.25, 0.3) is 0 Å². The van der Waals surface area contributed by atoms with Crippen molar-refractivity contribution in [2.24, 2.45) is 5.92 Å². The lowest BCUT2D eigenvalue weighted by atomic mass is 9.90. The fraction of sp³-hybridized carbons (Fsp3) is 0.941. The lowest BCUT2D eigenvalue weighted by molar-refractivity contribution is -0.189. The number of nitrogens with zero attached hydrogens (tertiary/aromatic N) is 1. The topological polar surface area (TPSA) is 50.8 Å². The summed E-state index contributed by atoms with van der Waals surface area (Å²) in [5.41, 5.74) is 0. The van der Waals surface area contributed by atoms with Crippen molar-refractivity contribution >= 4 is 17.8 Å². The number of rotatable bonds is 4. The summed E-state index contributed by atoms with van der Waals surface area (Å²) >= 11 is 2.02. The van der Waals surface area contributed by atoms with Crippen molar-refractivity contribution in [1.29, 1.82) is 0 Å². The van der Waals surface area contributed by atoms with Crippen molar-refractivity contribution in [3.8, 4) is 0 Å². The molecule has 2 amide bonds. The molecule has 3 aliphatic rings. The third kappa shape index (κ3) is 4.15. The van der Waals surface area contributed by atoms with E-state index in [2.05, 4.69) is 12.2 Å². The Morgan fingerprint density at radius 3 is 2.83 bits per heavy atom. The van der Waals surface area contributed by atoms with Crippen LogP contribution in [0.4, 0.5) is 4.79 Å². The minimum atomic E-state index is -0.505. The molecule has 2 saturated heterocycles. The maximum atomic E-state index is 12.6. The van der Waals surface area contributed by atoms with Gasteiger partial charge in [-0.15, -0.1) is 0 Å². The van der Waals surface area contributed by atoms with Gasteiger partial charge in [0.25, 0.3) is 0 Å². The Bertz CT molecular complexity index is 415. The van der Waals surface area contributed by atoms with Gasteiger partial charge in [-0.3, -0.25) is 0 Å². The predicted octanol–water partition coefficient (Wildman–Crippen LogP) is 2.85.